The lowest BCUT2D eigenvalue weighted by molar-refractivity contribution is 0.240. The van der Waals surface area contributed by atoms with Crippen LogP contribution in [0.25, 0.3) is 0 Å². The van der Waals surface area contributed by atoms with Crippen LogP contribution in [0.4, 0.5) is 4.79 Å². The monoisotopic (exact) mass is 304 g/mol. The maximum atomic E-state index is 11.7. The lowest BCUT2D eigenvalue weighted by atomic mass is 9.98. The van der Waals surface area contributed by atoms with Gasteiger partial charge in [-0.25, -0.2) is 9.78 Å². The van der Waals surface area contributed by atoms with E-state index >= 15 is 0 Å². The topological polar surface area (TPSA) is 66.9 Å². The molecule has 2 heterocycles. The number of rotatable bonds is 4. The number of hydrogen-bond donors (Lipinski definition) is 2. The number of hydrogen-bond acceptors (Lipinski definition) is 4. The van der Waals surface area contributed by atoms with E-state index in [4.69, 9.17) is 0 Å². The van der Waals surface area contributed by atoms with Gasteiger partial charge in [-0.3, -0.25) is 4.98 Å². The Bertz CT molecular complexity index is 589. The van der Waals surface area contributed by atoms with Gasteiger partial charge in [-0.1, -0.05) is 20.8 Å². The average molecular weight is 304 g/mol. The highest BCUT2D eigenvalue weighted by Crippen LogP contribution is 2.25. The van der Waals surface area contributed by atoms with Gasteiger partial charge in [0, 0.05) is 29.7 Å². The molecular formula is C15H20N4OS. The molecule has 0 saturated carbocycles. The average Bonchev–Trinajstić information content (AvgIpc) is 2.93. The zero-order chi connectivity index (χ0) is 15.3. The smallest absolute Gasteiger partial charge is 0.315 e. The third-order valence-electron chi connectivity index (χ3n) is 2.83. The maximum Gasteiger partial charge on any atom is 0.315 e. The Labute approximate surface area is 128 Å². The van der Waals surface area contributed by atoms with Gasteiger partial charge in [0.15, 0.2) is 0 Å². The third kappa shape index (κ3) is 4.82. The molecule has 5 nitrogen and oxygen atoms in total. The van der Waals surface area contributed by atoms with E-state index in [9.17, 15) is 4.79 Å². The predicted octanol–water partition coefficient (Wildman–Crippen LogP) is 2.84. The molecule has 0 unspecified atom stereocenters. The second-order valence-electron chi connectivity index (χ2n) is 5.79. The largest absolute Gasteiger partial charge is 0.334 e. The molecule has 0 fully saturated rings. The molecule has 0 aliphatic heterocycles. The molecule has 0 aromatic carbocycles. The summed E-state index contributed by atoms with van der Waals surface area (Å²) in [6, 6.07) is 3.55. The summed E-state index contributed by atoms with van der Waals surface area (Å²) in [5.41, 5.74) is 1.96. The normalized spacial score (nSPS) is 11.2. The number of thiazole rings is 1. The Balaban J connectivity index is 1.78. The van der Waals surface area contributed by atoms with Gasteiger partial charge in [0.2, 0.25) is 0 Å². The molecule has 0 spiro atoms. The zero-order valence-electron chi connectivity index (χ0n) is 12.5. The first-order valence-electron chi connectivity index (χ1n) is 6.80. The van der Waals surface area contributed by atoms with Gasteiger partial charge in [0.05, 0.1) is 17.2 Å². The number of pyridine rings is 1. The van der Waals surface area contributed by atoms with Crippen molar-refractivity contribution in [3.05, 3.63) is 46.2 Å². The number of nitrogens with one attached hydrogen (secondary N) is 2. The molecule has 2 amide bonds. The second-order valence-corrected chi connectivity index (χ2v) is 6.64. The van der Waals surface area contributed by atoms with Gasteiger partial charge in [0.1, 0.15) is 0 Å². The quantitative estimate of drug-likeness (QED) is 0.912. The zero-order valence-corrected chi connectivity index (χ0v) is 13.3. The molecule has 2 aromatic heterocycles. The van der Waals surface area contributed by atoms with Crippen LogP contribution in [0.2, 0.25) is 0 Å². The Morgan fingerprint density at radius 3 is 2.48 bits per heavy atom. The van der Waals surface area contributed by atoms with E-state index in [0.717, 1.165) is 16.3 Å². The number of urea groups is 1. The third-order valence-corrected chi connectivity index (χ3v) is 4.14. The first kappa shape index (κ1) is 15.4. The van der Waals surface area contributed by atoms with Crippen LogP contribution in [0, 0.1) is 0 Å². The van der Waals surface area contributed by atoms with E-state index in [0.29, 0.717) is 13.1 Å². The second kappa shape index (κ2) is 6.67. The molecule has 0 bridgehead atoms. The van der Waals surface area contributed by atoms with E-state index in [1.54, 1.807) is 23.7 Å². The highest BCUT2D eigenvalue weighted by atomic mass is 32.1. The summed E-state index contributed by atoms with van der Waals surface area (Å²) in [4.78, 5) is 20.2. The Morgan fingerprint density at radius 2 is 1.86 bits per heavy atom. The van der Waals surface area contributed by atoms with Gasteiger partial charge in [-0.15, -0.1) is 11.3 Å². The Hall–Kier alpha value is -1.95. The first-order valence-corrected chi connectivity index (χ1v) is 7.68. The predicted molar refractivity (Wildman–Crippen MR) is 84.1 cm³/mol. The number of carbonyl (C=O) groups excluding carboxylic acids is 1. The fourth-order valence-corrected chi connectivity index (χ4v) is 2.56. The number of carbonyl (C=O) groups is 1. The van der Waals surface area contributed by atoms with Crippen LogP contribution in [0.1, 0.15) is 37.0 Å². The van der Waals surface area contributed by atoms with Crippen molar-refractivity contribution in [2.75, 3.05) is 0 Å². The standard InChI is InChI=1S/C15H20N4OS/c1-15(2,3)13-19-12(10-21-13)9-18-14(20)17-8-11-4-6-16-7-5-11/h4-7,10H,8-9H2,1-3H3,(H2,17,18,20). The van der Waals surface area contributed by atoms with Gasteiger partial charge in [0.25, 0.3) is 0 Å². The van der Waals surface area contributed by atoms with Crippen LogP contribution in [0.5, 0.6) is 0 Å². The lowest BCUT2D eigenvalue weighted by Gasteiger charge is -2.13. The summed E-state index contributed by atoms with van der Waals surface area (Å²) in [6.07, 6.45) is 3.41. The molecule has 6 heteroatoms. The van der Waals surface area contributed by atoms with Gasteiger partial charge < -0.3 is 10.6 Å². The van der Waals surface area contributed by atoms with Crippen LogP contribution in [0.15, 0.2) is 29.9 Å². The molecule has 0 atom stereocenters. The van der Waals surface area contributed by atoms with E-state index in [1.165, 1.54) is 0 Å². The van der Waals surface area contributed by atoms with Crippen molar-refractivity contribution in [3.63, 3.8) is 0 Å². The number of amides is 2. The van der Waals surface area contributed by atoms with Crippen molar-refractivity contribution in [3.8, 4) is 0 Å². The van der Waals surface area contributed by atoms with Crippen molar-refractivity contribution in [1.29, 1.82) is 0 Å². The lowest BCUT2D eigenvalue weighted by Crippen LogP contribution is -2.34. The molecule has 2 aromatic rings. The van der Waals surface area contributed by atoms with Crippen molar-refractivity contribution < 1.29 is 4.79 Å². The molecule has 0 saturated heterocycles. The summed E-state index contributed by atoms with van der Waals surface area (Å²) in [5.74, 6) is 0. The van der Waals surface area contributed by atoms with Crippen molar-refractivity contribution in [2.45, 2.75) is 39.3 Å². The molecule has 0 aliphatic rings. The van der Waals surface area contributed by atoms with E-state index in [1.807, 2.05) is 17.5 Å². The fourth-order valence-electron chi connectivity index (χ4n) is 1.65. The van der Waals surface area contributed by atoms with E-state index < -0.39 is 0 Å². The molecule has 2 N–H and O–H groups in total. The highest BCUT2D eigenvalue weighted by Gasteiger charge is 2.17. The highest BCUT2D eigenvalue weighted by molar-refractivity contribution is 7.09. The van der Waals surface area contributed by atoms with Crippen LogP contribution in [-0.4, -0.2) is 16.0 Å². The van der Waals surface area contributed by atoms with E-state index in [-0.39, 0.29) is 11.4 Å². The van der Waals surface area contributed by atoms with Crippen LogP contribution >= 0.6 is 11.3 Å². The van der Waals surface area contributed by atoms with Crippen LogP contribution in [0.3, 0.4) is 0 Å². The fraction of sp³-hybridized carbons (Fsp3) is 0.400. The Morgan fingerprint density at radius 1 is 1.19 bits per heavy atom. The molecule has 21 heavy (non-hydrogen) atoms. The minimum Gasteiger partial charge on any atom is -0.334 e. The van der Waals surface area contributed by atoms with E-state index in [2.05, 4.69) is 41.4 Å². The Kier molecular flexibility index (Phi) is 4.90. The summed E-state index contributed by atoms with van der Waals surface area (Å²) in [6.45, 7) is 7.31. The summed E-state index contributed by atoms with van der Waals surface area (Å²) < 4.78 is 0. The molecule has 0 radical (unpaired) electrons. The summed E-state index contributed by atoms with van der Waals surface area (Å²) in [5, 5.41) is 8.69. The van der Waals surface area contributed by atoms with Gasteiger partial charge in [-0.05, 0) is 17.7 Å². The molecule has 112 valence electrons. The minimum atomic E-state index is -0.197. The molecular weight excluding hydrogens is 284 g/mol. The maximum absolute atomic E-state index is 11.7. The van der Waals surface area contributed by atoms with Crippen molar-refractivity contribution in [1.82, 2.24) is 20.6 Å². The van der Waals surface area contributed by atoms with Crippen LogP contribution < -0.4 is 10.6 Å². The first-order chi connectivity index (χ1) is 9.95. The summed E-state index contributed by atoms with van der Waals surface area (Å²) >= 11 is 1.63. The minimum absolute atomic E-state index is 0.0481. The van der Waals surface area contributed by atoms with Crippen LogP contribution in [-0.2, 0) is 18.5 Å². The summed E-state index contributed by atoms with van der Waals surface area (Å²) in [7, 11) is 0. The molecule has 0 aliphatic carbocycles. The number of nitrogens with zero attached hydrogens (tertiary/aromatic N) is 2. The number of aromatic nitrogens is 2. The van der Waals surface area contributed by atoms with Crippen molar-refractivity contribution in [2.24, 2.45) is 0 Å². The van der Waals surface area contributed by atoms with Gasteiger partial charge >= 0.3 is 6.03 Å². The SMILES string of the molecule is CC(C)(C)c1nc(CNC(=O)NCc2ccncc2)cs1. The van der Waals surface area contributed by atoms with Gasteiger partial charge in [-0.2, -0.15) is 0 Å². The molecule has 2 rings (SSSR count). The van der Waals surface area contributed by atoms with Crippen molar-refractivity contribution >= 4 is 17.4 Å².